The van der Waals surface area contributed by atoms with Gasteiger partial charge in [0.15, 0.2) is 0 Å². The van der Waals surface area contributed by atoms with Gasteiger partial charge in [-0.25, -0.2) is 9.18 Å². The van der Waals surface area contributed by atoms with Gasteiger partial charge < -0.3 is 10.6 Å². The predicted octanol–water partition coefficient (Wildman–Crippen LogP) is 1.93. The average Bonchev–Trinajstić information content (AvgIpc) is 3.33. The molecule has 1 atom stereocenters. The molecule has 1 aliphatic heterocycles. The summed E-state index contributed by atoms with van der Waals surface area (Å²) in [6.07, 6.45) is 1.84. The quantitative estimate of drug-likeness (QED) is 0.430. The molecular formula is C20H18FN7O3S. The molecule has 32 heavy (non-hydrogen) atoms. The van der Waals surface area contributed by atoms with Crippen molar-refractivity contribution in [3.63, 3.8) is 0 Å². The zero-order chi connectivity index (χ0) is 22.9. The first-order valence-corrected chi connectivity index (χ1v) is 10.7. The molecule has 1 saturated heterocycles. The number of aromatic nitrogens is 4. The van der Waals surface area contributed by atoms with Crippen LogP contribution < -0.4 is 10.6 Å². The van der Waals surface area contributed by atoms with Gasteiger partial charge in [-0.1, -0.05) is 30.0 Å². The Morgan fingerprint density at radius 3 is 2.69 bits per heavy atom. The monoisotopic (exact) mass is 455 g/mol. The first-order valence-electron chi connectivity index (χ1n) is 9.44. The molecule has 1 aliphatic rings. The highest BCUT2D eigenvalue weighted by Crippen LogP contribution is 2.29. The minimum absolute atomic E-state index is 0.416. The largest absolute Gasteiger partial charge is 0.325 e. The summed E-state index contributed by atoms with van der Waals surface area (Å²) in [5, 5.41) is 17.3. The number of hydrogen-bond acceptors (Lipinski definition) is 7. The average molecular weight is 455 g/mol. The van der Waals surface area contributed by atoms with E-state index in [9.17, 15) is 18.8 Å². The molecule has 2 heterocycles. The summed E-state index contributed by atoms with van der Waals surface area (Å²) in [5.41, 5.74) is 0.109. The third kappa shape index (κ3) is 3.91. The lowest BCUT2D eigenvalue weighted by atomic mass is 9.92. The van der Waals surface area contributed by atoms with E-state index < -0.39 is 35.7 Å². The summed E-state index contributed by atoms with van der Waals surface area (Å²) in [7, 11) is 0. The second-order valence-electron chi connectivity index (χ2n) is 7.13. The van der Waals surface area contributed by atoms with Crippen molar-refractivity contribution in [3.8, 4) is 5.69 Å². The fraction of sp³-hybridized carbons (Fsp3) is 0.200. The topological polar surface area (TPSA) is 122 Å². The van der Waals surface area contributed by atoms with Crippen molar-refractivity contribution in [1.29, 1.82) is 0 Å². The first kappa shape index (κ1) is 21.4. The highest BCUT2D eigenvalue weighted by atomic mass is 32.2. The third-order valence-corrected chi connectivity index (χ3v) is 5.62. The van der Waals surface area contributed by atoms with Crippen molar-refractivity contribution >= 4 is 35.3 Å². The number of amides is 4. The molecule has 1 aromatic heterocycles. The number of nitrogens with zero attached hydrogens (tertiary/aromatic N) is 5. The molecule has 0 spiro atoms. The van der Waals surface area contributed by atoms with E-state index in [1.165, 1.54) is 47.6 Å². The molecule has 2 N–H and O–H groups in total. The zero-order valence-corrected chi connectivity index (χ0v) is 17.9. The molecular weight excluding hydrogens is 437 g/mol. The molecule has 0 saturated carbocycles. The Balaban J connectivity index is 1.48. The van der Waals surface area contributed by atoms with Crippen LogP contribution in [0.4, 0.5) is 14.9 Å². The molecule has 10 nitrogen and oxygen atoms in total. The summed E-state index contributed by atoms with van der Waals surface area (Å²) in [6.45, 7) is 1.03. The van der Waals surface area contributed by atoms with E-state index in [0.29, 0.717) is 22.1 Å². The Labute approximate surface area is 186 Å². The van der Waals surface area contributed by atoms with Gasteiger partial charge in [-0.2, -0.15) is 4.68 Å². The van der Waals surface area contributed by atoms with Gasteiger partial charge in [0.25, 0.3) is 5.91 Å². The van der Waals surface area contributed by atoms with Gasteiger partial charge in [0.2, 0.25) is 11.1 Å². The van der Waals surface area contributed by atoms with Crippen LogP contribution in [0.5, 0.6) is 0 Å². The fourth-order valence-corrected chi connectivity index (χ4v) is 3.78. The normalized spacial score (nSPS) is 18.0. The van der Waals surface area contributed by atoms with E-state index in [2.05, 4.69) is 26.2 Å². The lowest BCUT2D eigenvalue weighted by molar-refractivity contribution is -0.133. The number of tetrazole rings is 1. The number of nitrogens with one attached hydrogen (secondary N) is 2. The van der Waals surface area contributed by atoms with Gasteiger partial charge in [0.05, 0.1) is 5.69 Å². The second-order valence-corrected chi connectivity index (χ2v) is 7.90. The van der Waals surface area contributed by atoms with Gasteiger partial charge in [-0.05, 0) is 59.5 Å². The van der Waals surface area contributed by atoms with Crippen LogP contribution in [0.3, 0.4) is 0 Å². The molecule has 12 heteroatoms. The van der Waals surface area contributed by atoms with Gasteiger partial charge in [-0.3, -0.25) is 14.5 Å². The maximum Gasteiger partial charge on any atom is 0.325 e. The fourth-order valence-electron chi connectivity index (χ4n) is 3.35. The number of anilines is 1. The van der Waals surface area contributed by atoms with Crippen LogP contribution >= 0.6 is 11.8 Å². The van der Waals surface area contributed by atoms with Crippen LogP contribution in [0, 0.1) is 5.82 Å². The van der Waals surface area contributed by atoms with Gasteiger partial charge in [-0.15, -0.1) is 5.10 Å². The van der Waals surface area contributed by atoms with E-state index in [4.69, 9.17) is 0 Å². The minimum Gasteiger partial charge on any atom is -0.324 e. The maximum absolute atomic E-state index is 13.2. The maximum atomic E-state index is 13.2. The number of carbonyl (C=O) groups excluding carboxylic acids is 3. The van der Waals surface area contributed by atoms with Gasteiger partial charge in [0.1, 0.15) is 17.9 Å². The van der Waals surface area contributed by atoms with E-state index in [1.807, 2.05) is 6.26 Å². The molecule has 0 bridgehead atoms. The standard InChI is InChI=1S/C20H18FN7O3S/c1-20(12-6-8-13(21)9-7-12)17(30)27(18(31)23-20)11-16(29)22-14-4-3-5-15(10-14)28-19(32-2)24-25-26-28/h3-10H,11H2,1-2H3,(H,22,29)(H,23,31). The van der Waals surface area contributed by atoms with Crippen molar-refractivity contribution in [1.82, 2.24) is 30.4 Å². The van der Waals surface area contributed by atoms with E-state index >= 15 is 0 Å². The minimum atomic E-state index is -1.39. The number of hydrogen-bond donors (Lipinski definition) is 2. The molecule has 4 rings (SSSR count). The van der Waals surface area contributed by atoms with Crippen molar-refractivity contribution in [2.45, 2.75) is 17.6 Å². The van der Waals surface area contributed by atoms with Crippen molar-refractivity contribution < 1.29 is 18.8 Å². The number of halogens is 1. The van der Waals surface area contributed by atoms with Crippen LogP contribution in [0.15, 0.2) is 53.7 Å². The summed E-state index contributed by atoms with van der Waals surface area (Å²) in [6, 6.07) is 11.4. The summed E-state index contributed by atoms with van der Waals surface area (Å²) < 4.78 is 14.8. The number of benzene rings is 2. The highest BCUT2D eigenvalue weighted by Gasteiger charge is 2.49. The van der Waals surface area contributed by atoms with Crippen LogP contribution in [0.1, 0.15) is 12.5 Å². The number of imide groups is 1. The third-order valence-electron chi connectivity index (χ3n) is 5.00. The Kier molecular flexibility index (Phi) is 5.61. The molecule has 1 fully saturated rings. The van der Waals surface area contributed by atoms with Gasteiger partial charge in [0, 0.05) is 5.69 Å². The van der Waals surface area contributed by atoms with E-state index in [0.717, 1.165) is 4.90 Å². The molecule has 0 radical (unpaired) electrons. The lowest BCUT2D eigenvalue weighted by Crippen LogP contribution is -2.42. The summed E-state index contributed by atoms with van der Waals surface area (Å²) in [4.78, 5) is 38.8. The van der Waals surface area contributed by atoms with Crippen LogP contribution in [-0.4, -0.2) is 55.8 Å². The van der Waals surface area contributed by atoms with Crippen molar-refractivity contribution in [2.75, 3.05) is 18.1 Å². The number of rotatable bonds is 6. The highest BCUT2D eigenvalue weighted by molar-refractivity contribution is 7.98. The Morgan fingerprint density at radius 2 is 1.97 bits per heavy atom. The number of urea groups is 1. The molecule has 2 aromatic carbocycles. The molecule has 0 aliphatic carbocycles. The Bertz CT molecular complexity index is 1200. The van der Waals surface area contributed by atoms with Crippen molar-refractivity contribution in [2.24, 2.45) is 0 Å². The first-order chi connectivity index (χ1) is 15.3. The SMILES string of the molecule is CSc1nnnn1-c1cccc(NC(=O)CN2C(=O)NC(C)(c3ccc(F)cc3)C2=O)c1. The van der Waals surface area contributed by atoms with Crippen LogP contribution in [-0.2, 0) is 15.1 Å². The van der Waals surface area contributed by atoms with Crippen LogP contribution in [0.2, 0.25) is 0 Å². The number of thioether (sulfide) groups is 1. The number of carbonyl (C=O) groups is 3. The Hall–Kier alpha value is -3.80. The Morgan fingerprint density at radius 1 is 1.22 bits per heavy atom. The van der Waals surface area contributed by atoms with E-state index in [1.54, 1.807) is 24.3 Å². The summed E-state index contributed by atoms with van der Waals surface area (Å²) >= 11 is 1.37. The van der Waals surface area contributed by atoms with Crippen LogP contribution in [0.25, 0.3) is 5.69 Å². The zero-order valence-electron chi connectivity index (χ0n) is 17.1. The smallest absolute Gasteiger partial charge is 0.324 e. The second kappa shape index (κ2) is 8.38. The summed E-state index contributed by atoms with van der Waals surface area (Å²) in [5.74, 6) is -1.62. The molecule has 3 aromatic rings. The molecule has 164 valence electrons. The molecule has 1 unspecified atom stereocenters. The van der Waals surface area contributed by atoms with Gasteiger partial charge >= 0.3 is 6.03 Å². The molecule has 4 amide bonds. The lowest BCUT2D eigenvalue weighted by Gasteiger charge is -2.22. The predicted molar refractivity (Wildman–Crippen MR) is 114 cm³/mol. The van der Waals surface area contributed by atoms with E-state index in [-0.39, 0.29) is 0 Å². The van der Waals surface area contributed by atoms with Crippen molar-refractivity contribution in [3.05, 3.63) is 59.9 Å².